The monoisotopic (exact) mass is 603 g/mol. The summed E-state index contributed by atoms with van der Waals surface area (Å²) in [6.07, 6.45) is 0.316. The van der Waals surface area contributed by atoms with Gasteiger partial charge in [-0.3, -0.25) is 13.9 Å². The Kier molecular flexibility index (Phi) is 10.6. The molecule has 214 valence electrons. The van der Waals surface area contributed by atoms with Crippen LogP contribution < -0.4 is 9.62 Å². The third-order valence-corrected chi connectivity index (χ3v) is 8.97. The summed E-state index contributed by atoms with van der Waals surface area (Å²) in [5, 5.41) is 3.57. The summed E-state index contributed by atoms with van der Waals surface area (Å²) in [5.41, 5.74) is 3.42. The normalized spacial score (nSPS) is 12.1. The predicted molar refractivity (Wildman–Crippen MR) is 161 cm³/mol. The minimum atomic E-state index is -4.15. The maximum absolute atomic E-state index is 14.1. The van der Waals surface area contributed by atoms with Gasteiger partial charge in [0.25, 0.3) is 10.0 Å². The average molecular weight is 605 g/mol. The average Bonchev–Trinajstić information content (AvgIpc) is 2.90. The van der Waals surface area contributed by atoms with Gasteiger partial charge in [0.05, 0.1) is 10.6 Å². The van der Waals surface area contributed by atoms with E-state index in [2.05, 4.69) is 5.32 Å². The first-order valence-corrected chi connectivity index (χ1v) is 15.3. The number of nitrogens with zero attached hydrogens (tertiary/aromatic N) is 2. The van der Waals surface area contributed by atoms with Crippen LogP contribution in [0.2, 0.25) is 10.0 Å². The maximum atomic E-state index is 14.1. The van der Waals surface area contributed by atoms with E-state index in [1.807, 2.05) is 26.0 Å². The van der Waals surface area contributed by atoms with Gasteiger partial charge in [0.2, 0.25) is 11.8 Å². The molecule has 2 amide bonds. The molecule has 0 bridgehead atoms. The van der Waals surface area contributed by atoms with E-state index in [1.54, 1.807) is 57.2 Å². The number of sulfonamides is 1. The van der Waals surface area contributed by atoms with Gasteiger partial charge in [0, 0.05) is 23.1 Å². The Hall–Kier alpha value is -3.07. The van der Waals surface area contributed by atoms with Crippen LogP contribution >= 0.6 is 23.2 Å². The molecule has 40 heavy (non-hydrogen) atoms. The molecule has 0 aliphatic heterocycles. The number of hydrogen-bond acceptors (Lipinski definition) is 4. The number of likely N-dealkylation sites (N-methyl/N-ethyl adjacent to an activating group) is 1. The second-order valence-corrected chi connectivity index (χ2v) is 12.4. The second kappa shape index (κ2) is 13.5. The molecule has 0 unspecified atom stereocenters. The first-order valence-electron chi connectivity index (χ1n) is 13.1. The number of rotatable bonds is 11. The molecule has 0 aliphatic carbocycles. The molecule has 3 aromatic carbocycles. The van der Waals surface area contributed by atoms with Crippen LogP contribution in [-0.2, 0) is 26.2 Å². The first kappa shape index (κ1) is 31.5. The molecule has 1 N–H and O–H groups in total. The molecule has 7 nitrogen and oxygen atoms in total. The Balaban J connectivity index is 2.12. The smallest absolute Gasteiger partial charge is 0.264 e. The van der Waals surface area contributed by atoms with Crippen molar-refractivity contribution in [2.45, 2.75) is 58.5 Å². The van der Waals surface area contributed by atoms with Gasteiger partial charge in [-0.05, 0) is 81.1 Å². The van der Waals surface area contributed by atoms with Gasteiger partial charge in [-0.25, -0.2) is 8.42 Å². The van der Waals surface area contributed by atoms with E-state index in [-0.39, 0.29) is 17.3 Å². The van der Waals surface area contributed by atoms with Crippen molar-refractivity contribution in [1.82, 2.24) is 10.2 Å². The highest BCUT2D eigenvalue weighted by Gasteiger charge is 2.34. The number of halogens is 2. The molecule has 1 atom stereocenters. The van der Waals surface area contributed by atoms with Gasteiger partial charge < -0.3 is 10.2 Å². The van der Waals surface area contributed by atoms with Crippen molar-refractivity contribution in [2.24, 2.45) is 0 Å². The van der Waals surface area contributed by atoms with Crippen LogP contribution in [0.4, 0.5) is 5.69 Å². The van der Waals surface area contributed by atoms with E-state index in [4.69, 9.17) is 23.2 Å². The van der Waals surface area contributed by atoms with E-state index in [0.29, 0.717) is 39.8 Å². The fraction of sp³-hybridized carbons (Fsp3) is 0.333. The Labute approximate surface area is 247 Å². The van der Waals surface area contributed by atoms with Crippen LogP contribution in [0.1, 0.15) is 42.5 Å². The summed E-state index contributed by atoms with van der Waals surface area (Å²) in [7, 11) is -4.15. The van der Waals surface area contributed by atoms with Crippen molar-refractivity contribution >= 4 is 50.7 Å². The fourth-order valence-corrected chi connectivity index (χ4v) is 6.32. The molecule has 0 aromatic heterocycles. The van der Waals surface area contributed by atoms with E-state index < -0.39 is 28.5 Å². The van der Waals surface area contributed by atoms with Crippen LogP contribution in [0.25, 0.3) is 0 Å². The lowest BCUT2D eigenvalue weighted by Gasteiger charge is -2.33. The minimum Gasteiger partial charge on any atom is -0.355 e. The van der Waals surface area contributed by atoms with Gasteiger partial charge in [0.15, 0.2) is 0 Å². The molecule has 0 radical (unpaired) electrons. The van der Waals surface area contributed by atoms with Crippen molar-refractivity contribution in [3.05, 3.63) is 93.0 Å². The summed E-state index contributed by atoms with van der Waals surface area (Å²) >= 11 is 12.5. The molecule has 0 saturated carbocycles. The van der Waals surface area contributed by atoms with Gasteiger partial charge in [-0.15, -0.1) is 0 Å². The lowest BCUT2D eigenvalue weighted by atomic mass is 10.1. The Morgan fingerprint density at radius 2 is 1.55 bits per heavy atom. The number of aryl methyl sites for hydroxylation is 3. The molecule has 0 aliphatic rings. The highest BCUT2D eigenvalue weighted by atomic mass is 35.5. The topological polar surface area (TPSA) is 86.8 Å². The van der Waals surface area contributed by atoms with Crippen LogP contribution in [0, 0.1) is 20.8 Å². The van der Waals surface area contributed by atoms with Gasteiger partial charge in [-0.2, -0.15) is 0 Å². The van der Waals surface area contributed by atoms with Crippen LogP contribution in [0.5, 0.6) is 0 Å². The highest BCUT2D eigenvalue weighted by molar-refractivity contribution is 7.92. The molecule has 3 aromatic rings. The number of hydrogen-bond donors (Lipinski definition) is 1. The number of nitrogens with one attached hydrogen (secondary N) is 1. The van der Waals surface area contributed by atoms with Crippen molar-refractivity contribution < 1.29 is 18.0 Å². The molecule has 0 heterocycles. The quantitative estimate of drug-likeness (QED) is 0.289. The third kappa shape index (κ3) is 7.36. The van der Waals surface area contributed by atoms with E-state index in [0.717, 1.165) is 15.4 Å². The Bertz CT molecular complexity index is 1480. The number of carbonyl (C=O) groups excluding carboxylic acids is 2. The lowest BCUT2D eigenvalue weighted by Crippen LogP contribution is -2.52. The summed E-state index contributed by atoms with van der Waals surface area (Å²) in [4.78, 5) is 28.6. The zero-order chi connectivity index (χ0) is 29.6. The van der Waals surface area contributed by atoms with Crippen LogP contribution in [0.3, 0.4) is 0 Å². The van der Waals surface area contributed by atoms with Crippen molar-refractivity contribution in [3.63, 3.8) is 0 Å². The van der Waals surface area contributed by atoms with Crippen molar-refractivity contribution in [1.29, 1.82) is 0 Å². The highest BCUT2D eigenvalue weighted by Crippen LogP contribution is 2.29. The predicted octanol–water partition coefficient (Wildman–Crippen LogP) is 6.06. The number of anilines is 1. The summed E-state index contributed by atoms with van der Waals surface area (Å²) in [5.74, 6) is -0.871. The molecule has 0 saturated heterocycles. The number of benzene rings is 3. The summed E-state index contributed by atoms with van der Waals surface area (Å²) in [6, 6.07) is 16.0. The summed E-state index contributed by atoms with van der Waals surface area (Å²) < 4.78 is 29.2. The zero-order valence-electron chi connectivity index (χ0n) is 23.4. The standard InChI is InChI=1S/C30H35Cl2N3O4S/c1-6-27(30(37)33-7-2)34(18-23-12-13-24(31)17-26(23)32)29(36)19-35(28-16-21(4)8-11-22(28)5)40(38,39)25-14-9-20(3)10-15-25/h8-17,27H,6-7,18-19H2,1-5H3,(H,33,37)/t27-/m1/s1. The van der Waals surface area contributed by atoms with Gasteiger partial charge in [0.1, 0.15) is 12.6 Å². The zero-order valence-corrected chi connectivity index (χ0v) is 25.7. The fourth-order valence-electron chi connectivity index (χ4n) is 4.38. The minimum absolute atomic E-state index is 0.00427. The molecule has 10 heteroatoms. The largest absolute Gasteiger partial charge is 0.355 e. The van der Waals surface area contributed by atoms with E-state index in [1.165, 1.54) is 17.0 Å². The first-order chi connectivity index (χ1) is 18.9. The lowest BCUT2D eigenvalue weighted by molar-refractivity contribution is -0.140. The van der Waals surface area contributed by atoms with Crippen molar-refractivity contribution in [2.75, 3.05) is 17.4 Å². The second-order valence-electron chi connectivity index (χ2n) is 9.69. The van der Waals surface area contributed by atoms with Crippen LogP contribution in [0.15, 0.2) is 65.6 Å². The Morgan fingerprint density at radius 1 is 0.900 bits per heavy atom. The molecule has 3 rings (SSSR count). The van der Waals surface area contributed by atoms with Crippen molar-refractivity contribution in [3.8, 4) is 0 Å². The molecular weight excluding hydrogens is 569 g/mol. The third-order valence-electron chi connectivity index (χ3n) is 6.61. The molecule has 0 fully saturated rings. The molecular formula is C30H35Cl2N3O4S. The van der Waals surface area contributed by atoms with E-state index in [9.17, 15) is 18.0 Å². The van der Waals surface area contributed by atoms with Crippen LogP contribution in [-0.4, -0.2) is 44.3 Å². The molecule has 0 spiro atoms. The Morgan fingerprint density at radius 3 is 2.15 bits per heavy atom. The SMILES string of the molecule is CCNC(=O)[C@@H](CC)N(Cc1ccc(Cl)cc1Cl)C(=O)CN(c1cc(C)ccc1C)S(=O)(=O)c1ccc(C)cc1. The van der Waals surface area contributed by atoms with E-state index >= 15 is 0 Å². The number of amides is 2. The maximum Gasteiger partial charge on any atom is 0.264 e. The van der Waals surface area contributed by atoms with Gasteiger partial charge >= 0.3 is 0 Å². The number of carbonyl (C=O) groups is 2. The van der Waals surface area contributed by atoms with Gasteiger partial charge in [-0.1, -0.05) is 66.0 Å². The summed E-state index contributed by atoms with van der Waals surface area (Å²) in [6.45, 7) is 8.99.